The largest absolute Gasteiger partial charge is 0.486 e. The summed E-state index contributed by atoms with van der Waals surface area (Å²) in [6, 6.07) is 9.92. The third-order valence-electron chi connectivity index (χ3n) is 3.93. The van der Waals surface area contributed by atoms with E-state index < -0.39 is 12.6 Å². The lowest BCUT2D eigenvalue weighted by molar-refractivity contribution is -0.133. The van der Waals surface area contributed by atoms with Crippen LogP contribution in [0.4, 0.5) is 0 Å². The van der Waals surface area contributed by atoms with Gasteiger partial charge in [-0.05, 0) is 35.9 Å². The maximum atomic E-state index is 12.2. The number of likely N-dealkylation sites (N-methyl/N-ethyl adjacent to an activating group) is 1. The van der Waals surface area contributed by atoms with Gasteiger partial charge in [0.25, 0.3) is 5.91 Å². The maximum Gasteiger partial charge on any atom is 0.340 e. The zero-order valence-corrected chi connectivity index (χ0v) is 16.0. The van der Waals surface area contributed by atoms with Crippen molar-refractivity contribution in [3.05, 3.63) is 57.6 Å². The first kappa shape index (κ1) is 19.3. The Bertz CT molecular complexity index is 871. The summed E-state index contributed by atoms with van der Waals surface area (Å²) >= 11 is 11.8. The number of halogens is 2. The summed E-state index contributed by atoms with van der Waals surface area (Å²) in [6.07, 6.45) is 0. The highest BCUT2D eigenvalue weighted by Crippen LogP contribution is 2.31. The lowest BCUT2D eigenvalue weighted by Crippen LogP contribution is -2.31. The fourth-order valence-corrected chi connectivity index (χ4v) is 3.00. The Balaban J connectivity index is 1.55. The van der Waals surface area contributed by atoms with Crippen LogP contribution in [0.25, 0.3) is 0 Å². The van der Waals surface area contributed by atoms with Gasteiger partial charge in [0, 0.05) is 18.6 Å². The quantitative estimate of drug-likeness (QED) is 0.706. The van der Waals surface area contributed by atoms with Gasteiger partial charge in [-0.3, -0.25) is 4.79 Å². The van der Waals surface area contributed by atoms with Gasteiger partial charge in [-0.25, -0.2) is 4.79 Å². The van der Waals surface area contributed by atoms with Crippen molar-refractivity contribution >= 4 is 35.1 Å². The lowest BCUT2D eigenvalue weighted by atomic mass is 10.2. The lowest BCUT2D eigenvalue weighted by Gasteiger charge is -2.21. The van der Waals surface area contributed by atoms with Crippen LogP contribution >= 0.6 is 23.2 Å². The summed E-state index contributed by atoms with van der Waals surface area (Å²) in [5, 5.41) is 0.580. The monoisotopic (exact) mass is 409 g/mol. The fourth-order valence-electron chi connectivity index (χ4n) is 2.52. The molecule has 0 bridgehead atoms. The van der Waals surface area contributed by atoms with Crippen LogP contribution in [0, 0.1) is 0 Å². The van der Waals surface area contributed by atoms with E-state index in [4.69, 9.17) is 37.4 Å². The average Bonchev–Trinajstić information content (AvgIpc) is 2.65. The molecule has 0 fully saturated rings. The number of carbonyl (C=O) groups excluding carboxylic acids is 2. The molecule has 0 atom stereocenters. The van der Waals surface area contributed by atoms with E-state index in [1.165, 1.54) is 23.1 Å². The number of hydrogen-bond donors (Lipinski definition) is 0. The van der Waals surface area contributed by atoms with Crippen molar-refractivity contribution in [2.75, 3.05) is 26.9 Å². The number of carbonyl (C=O) groups is 2. The highest BCUT2D eigenvalue weighted by Gasteiger charge is 2.17. The number of rotatable bonds is 5. The van der Waals surface area contributed by atoms with Crippen LogP contribution in [0.5, 0.6) is 11.5 Å². The van der Waals surface area contributed by atoms with Crippen LogP contribution in [0.15, 0.2) is 36.4 Å². The van der Waals surface area contributed by atoms with E-state index >= 15 is 0 Å². The molecule has 0 unspecified atom stereocenters. The highest BCUT2D eigenvalue weighted by molar-refractivity contribution is 6.36. The standard InChI is InChI=1S/C19H17Cl2NO5/c1-22(10-12-2-5-16-17(8-12)26-7-6-25-16)18(23)11-27-19(24)14-4-3-13(20)9-15(14)21/h2-5,8-9H,6-7,10-11H2,1H3. The van der Waals surface area contributed by atoms with Crippen molar-refractivity contribution in [3.8, 4) is 11.5 Å². The van der Waals surface area contributed by atoms with Crippen molar-refractivity contribution in [1.82, 2.24) is 4.90 Å². The molecule has 6 nitrogen and oxygen atoms in total. The van der Waals surface area contributed by atoms with Gasteiger partial charge in [0.1, 0.15) is 13.2 Å². The molecule has 0 spiro atoms. The molecule has 2 aromatic rings. The van der Waals surface area contributed by atoms with E-state index in [1.807, 2.05) is 18.2 Å². The third-order valence-corrected chi connectivity index (χ3v) is 4.48. The number of fused-ring (bicyclic) bond motifs is 1. The van der Waals surface area contributed by atoms with Crippen molar-refractivity contribution in [2.45, 2.75) is 6.54 Å². The smallest absolute Gasteiger partial charge is 0.340 e. The molecule has 0 aliphatic carbocycles. The van der Waals surface area contributed by atoms with E-state index in [0.717, 1.165) is 5.56 Å². The number of hydrogen-bond acceptors (Lipinski definition) is 5. The van der Waals surface area contributed by atoms with Crippen LogP contribution in [0.1, 0.15) is 15.9 Å². The Morgan fingerprint density at radius 3 is 2.56 bits per heavy atom. The molecule has 1 aliphatic heterocycles. The Labute approximate surface area is 166 Å². The third kappa shape index (κ3) is 4.84. The van der Waals surface area contributed by atoms with Crippen molar-refractivity contribution < 1.29 is 23.8 Å². The first-order chi connectivity index (χ1) is 12.9. The molecule has 0 N–H and O–H groups in total. The molecular weight excluding hydrogens is 393 g/mol. The van der Waals surface area contributed by atoms with E-state index in [0.29, 0.717) is 36.3 Å². The predicted molar refractivity (Wildman–Crippen MR) is 101 cm³/mol. The van der Waals surface area contributed by atoms with Crippen LogP contribution < -0.4 is 9.47 Å². The van der Waals surface area contributed by atoms with E-state index in [2.05, 4.69) is 0 Å². The van der Waals surface area contributed by atoms with Crippen molar-refractivity contribution in [2.24, 2.45) is 0 Å². The molecule has 0 saturated heterocycles. The van der Waals surface area contributed by atoms with Crippen LogP contribution in [-0.4, -0.2) is 43.6 Å². The second-order valence-electron chi connectivity index (χ2n) is 5.93. The minimum atomic E-state index is -0.683. The Hall–Kier alpha value is -2.44. The zero-order valence-electron chi connectivity index (χ0n) is 14.5. The molecule has 0 radical (unpaired) electrons. The molecule has 0 saturated carbocycles. The molecule has 3 rings (SSSR count). The normalized spacial score (nSPS) is 12.4. The van der Waals surface area contributed by atoms with Crippen LogP contribution in [-0.2, 0) is 16.1 Å². The zero-order chi connectivity index (χ0) is 19.4. The second-order valence-corrected chi connectivity index (χ2v) is 6.77. The Morgan fingerprint density at radius 1 is 1.07 bits per heavy atom. The maximum absolute atomic E-state index is 12.2. The van der Waals surface area contributed by atoms with Gasteiger partial charge in [0.2, 0.25) is 0 Å². The molecule has 1 heterocycles. The molecule has 8 heteroatoms. The van der Waals surface area contributed by atoms with Crippen LogP contribution in [0.3, 0.4) is 0 Å². The van der Waals surface area contributed by atoms with E-state index in [-0.39, 0.29) is 16.5 Å². The average molecular weight is 410 g/mol. The molecule has 1 aliphatic rings. The molecule has 2 aromatic carbocycles. The van der Waals surface area contributed by atoms with Crippen LogP contribution in [0.2, 0.25) is 10.0 Å². The summed E-state index contributed by atoms with van der Waals surface area (Å²) < 4.78 is 16.1. The molecular formula is C19H17Cl2NO5. The Kier molecular flexibility index (Phi) is 6.08. The molecule has 0 aromatic heterocycles. The van der Waals surface area contributed by atoms with Gasteiger partial charge in [-0.1, -0.05) is 29.3 Å². The number of benzene rings is 2. The summed E-state index contributed by atoms with van der Waals surface area (Å²) in [7, 11) is 1.63. The number of nitrogens with zero attached hydrogens (tertiary/aromatic N) is 1. The number of amides is 1. The van der Waals surface area contributed by atoms with Gasteiger partial charge < -0.3 is 19.1 Å². The SMILES string of the molecule is CN(Cc1ccc2c(c1)OCCO2)C(=O)COC(=O)c1ccc(Cl)cc1Cl. The Morgan fingerprint density at radius 2 is 1.81 bits per heavy atom. The van der Waals surface area contributed by atoms with E-state index in [1.54, 1.807) is 7.05 Å². The number of esters is 1. The summed E-state index contributed by atoms with van der Waals surface area (Å²) in [6.45, 7) is 0.968. The fraction of sp³-hybridized carbons (Fsp3) is 0.263. The minimum absolute atomic E-state index is 0.156. The highest BCUT2D eigenvalue weighted by atomic mass is 35.5. The van der Waals surface area contributed by atoms with Crippen molar-refractivity contribution in [1.29, 1.82) is 0 Å². The first-order valence-electron chi connectivity index (χ1n) is 8.18. The molecule has 27 heavy (non-hydrogen) atoms. The summed E-state index contributed by atoms with van der Waals surface area (Å²) in [5.74, 6) is 0.317. The molecule has 142 valence electrons. The van der Waals surface area contributed by atoms with Gasteiger partial charge in [0.15, 0.2) is 18.1 Å². The van der Waals surface area contributed by atoms with Crippen molar-refractivity contribution in [3.63, 3.8) is 0 Å². The minimum Gasteiger partial charge on any atom is -0.486 e. The summed E-state index contributed by atoms with van der Waals surface area (Å²) in [5.41, 5.74) is 1.03. The van der Waals surface area contributed by atoms with Gasteiger partial charge in [-0.2, -0.15) is 0 Å². The topological polar surface area (TPSA) is 65.1 Å². The number of ether oxygens (including phenoxy) is 3. The summed E-state index contributed by atoms with van der Waals surface area (Å²) in [4.78, 5) is 25.8. The van der Waals surface area contributed by atoms with Gasteiger partial charge >= 0.3 is 5.97 Å². The van der Waals surface area contributed by atoms with E-state index in [9.17, 15) is 9.59 Å². The second kappa shape index (κ2) is 8.50. The predicted octanol–water partition coefficient (Wildman–Crippen LogP) is 3.58. The molecule has 1 amide bonds. The van der Waals surface area contributed by atoms with Gasteiger partial charge in [-0.15, -0.1) is 0 Å². The van der Waals surface area contributed by atoms with Gasteiger partial charge in [0.05, 0.1) is 10.6 Å². The first-order valence-corrected chi connectivity index (χ1v) is 8.94.